The van der Waals surface area contributed by atoms with Gasteiger partial charge < -0.3 is 15.4 Å². The second-order valence-electron chi connectivity index (χ2n) is 6.03. The van der Waals surface area contributed by atoms with Crippen molar-refractivity contribution < 1.29 is 4.74 Å². The fourth-order valence-electron chi connectivity index (χ4n) is 2.87. The molecule has 1 atom stereocenters. The summed E-state index contributed by atoms with van der Waals surface area (Å²) in [4.78, 5) is 0. The number of benzene rings is 3. The number of thiocarbonyl (C=S) groups is 1. The molecule has 0 saturated heterocycles. The molecule has 0 aromatic heterocycles. The highest BCUT2D eigenvalue weighted by atomic mass is 32.1. The van der Waals surface area contributed by atoms with Gasteiger partial charge in [0.15, 0.2) is 5.11 Å². The van der Waals surface area contributed by atoms with Crippen molar-refractivity contribution in [3.63, 3.8) is 0 Å². The minimum atomic E-state index is -0.0179. The van der Waals surface area contributed by atoms with E-state index in [2.05, 4.69) is 54.0 Å². The molecule has 0 fully saturated rings. The Morgan fingerprint density at radius 1 is 0.885 bits per heavy atom. The lowest BCUT2D eigenvalue weighted by molar-refractivity contribution is 0.415. The van der Waals surface area contributed by atoms with Crippen molar-refractivity contribution in [3.8, 4) is 5.75 Å². The molecular weight excluding hydrogens is 340 g/mol. The molecule has 0 aliphatic carbocycles. The zero-order valence-corrected chi connectivity index (χ0v) is 15.7. The third-order valence-electron chi connectivity index (χ3n) is 4.26. The molecule has 0 unspecified atom stereocenters. The van der Waals surface area contributed by atoms with E-state index >= 15 is 0 Å². The van der Waals surface area contributed by atoms with E-state index < -0.39 is 0 Å². The molecule has 0 bridgehead atoms. The van der Waals surface area contributed by atoms with Gasteiger partial charge in [0.1, 0.15) is 5.75 Å². The second-order valence-corrected chi connectivity index (χ2v) is 6.44. The van der Waals surface area contributed by atoms with Gasteiger partial charge in [0.2, 0.25) is 0 Å². The predicted octanol–water partition coefficient (Wildman–Crippen LogP) is 5.08. The fourth-order valence-corrected chi connectivity index (χ4v) is 3.11. The molecule has 26 heavy (non-hydrogen) atoms. The van der Waals surface area contributed by atoms with Crippen molar-refractivity contribution >= 4 is 23.0 Å². The summed E-state index contributed by atoms with van der Waals surface area (Å²) in [5, 5.41) is 7.28. The number of nitrogens with one attached hydrogen (secondary N) is 2. The van der Waals surface area contributed by atoms with Crippen LogP contribution in [-0.4, -0.2) is 12.2 Å². The van der Waals surface area contributed by atoms with Crippen LogP contribution in [0.25, 0.3) is 0 Å². The van der Waals surface area contributed by atoms with Gasteiger partial charge in [-0.1, -0.05) is 54.6 Å². The normalized spacial score (nSPS) is 11.5. The van der Waals surface area contributed by atoms with E-state index in [-0.39, 0.29) is 6.04 Å². The van der Waals surface area contributed by atoms with Gasteiger partial charge in [-0.15, -0.1) is 0 Å². The number of methoxy groups -OCH3 is 1. The third kappa shape index (κ3) is 4.41. The number of hydrogen-bond donors (Lipinski definition) is 2. The highest BCUT2D eigenvalue weighted by Crippen LogP contribution is 2.25. The molecule has 0 saturated carbocycles. The Labute approximate surface area is 160 Å². The summed E-state index contributed by atoms with van der Waals surface area (Å²) in [6, 6.07) is 26.4. The van der Waals surface area contributed by atoms with E-state index in [0.29, 0.717) is 5.11 Å². The van der Waals surface area contributed by atoms with Gasteiger partial charge in [0.25, 0.3) is 0 Å². The molecule has 3 rings (SSSR count). The van der Waals surface area contributed by atoms with Crippen LogP contribution in [0.4, 0.5) is 5.69 Å². The lowest BCUT2D eigenvalue weighted by Gasteiger charge is -2.23. The Morgan fingerprint density at radius 3 is 2.19 bits per heavy atom. The molecule has 2 N–H and O–H groups in total. The van der Waals surface area contributed by atoms with Crippen molar-refractivity contribution in [1.29, 1.82) is 0 Å². The lowest BCUT2D eigenvalue weighted by Crippen LogP contribution is -2.33. The van der Waals surface area contributed by atoms with Gasteiger partial charge in [-0.25, -0.2) is 0 Å². The van der Waals surface area contributed by atoms with Gasteiger partial charge in [-0.3, -0.25) is 0 Å². The smallest absolute Gasteiger partial charge is 0.171 e. The average molecular weight is 362 g/mol. The number of hydrogen-bond acceptors (Lipinski definition) is 2. The summed E-state index contributed by atoms with van der Waals surface area (Å²) < 4.78 is 5.19. The van der Waals surface area contributed by atoms with E-state index in [4.69, 9.17) is 17.0 Å². The molecule has 132 valence electrons. The summed E-state index contributed by atoms with van der Waals surface area (Å²) in [5.74, 6) is 0.816. The van der Waals surface area contributed by atoms with Crippen LogP contribution in [0.5, 0.6) is 5.75 Å². The first-order valence-corrected chi connectivity index (χ1v) is 8.90. The summed E-state index contributed by atoms with van der Waals surface area (Å²) in [6.07, 6.45) is 0. The van der Waals surface area contributed by atoms with E-state index in [0.717, 1.165) is 11.4 Å². The maximum atomic E-state index is 5.56. The number of anilines is 1. The van der Waals surface area contributed by atoms with E-state index in [9.17, 15) is 0 Å². The van der Waals surface area contributed by atoms with Crippen molar-refractivity contribution in [2.45, 2.75) is 13.0 Å². The maximum Gasteiger partial charge on any atom is 0.171 e. The van der Waals surface area contributed by atoms with E-state index in [1.807, 2.05) is 42.5 Å². The summed E-state index contributed by atoms with van der Waals surface area (Å²) in [6.45, 7) is 2.12. The number of ether oxygens (including phenoxy) is 1. The van der Waals surface area contributed by atoms with Crippen molar-refractivity contribution in [2.24, 2.45) is 0 Å². The summed E-state index contributed by atoms with van der Waals surface area (Å²) in [5.41, 5.74) is 4.51. The lowest BCUT2D eigenvalue weighted by atomic mass is 9.95. The molecule has 0 spiro atoms. The Bertz CT molecular complexity index is 863. The van der Waals surface area contributed by atoms with Crippen molar-refractivity contribution in [2.75, 3.05) is 12.4 Å². The molecule has 0 amide bonds. The standard InChI is InChI=1S/C22H22N2OS/c1-16-8-6-7-11-20(16)21(17-9-4-3-5-10-17)24-22(26)23-18-12-14-19(25-2)15-13-18/h3-15,21H,1-2H3,(H2,23,24,26)/t21-/m1/s1. The first-order valence-electron chi connectivity index (χ1n) is 8.49. The SMILES string of the molecule is COc1ccc(NC(=S)N[C@H](c2ccccc2)c2ccccc2C)cc1. The molecule has 3 nitrogen and oxygen atoms in total. The second kappa shape index (κ2) is 8.50. The quantitative estimate of drug-likeness (QED) is 0.620. The highest BCUT2D eigenvalue weighted by Gasteiger charge is 2.16. The monoisotopic (exact) mass is 362 g/mol. The van der Waals surface area contributed by atoms with Gasteiger partial charge in [-0.2, -0.15) is 0 Å². The van der Waals surface area contributed by atoms with Gasteiger partial charge in [-0.05, 0) is 60.1 Å². The first kappa shape index (κ1) is 18.0. The molecule has 4 heteroatoms. The largest absolute Gasteiger partial charge is 0.497 e. The molecule has 0 aliphatic rings. The minimum Gasteiger partial charge on any atom is -0.497 e. The zero-order chi connectivity index (χ0) is 18.4. The Hall–Kier alpha value is -2.85. The van der Waals surface area contributed by atoms with Crippen molar-refractivity contribution in [1.82, 2.24) is 5.32 Å². The van der Waals surface area contributed by atoms with Gasteiger partial charge >= 0.3 is 0 Å². The third-order valence-corrected chi connectivity index (χ3v) is 4.48. The van der Waals surface area contributed by atoms with Crippen LogP contribution in [0.1, 0.15) is 22.7 Å². The van der Waals surface area contributed by atoms with Gasteiger partial charge in [0, 0.05) is 5.69 Å². The molecule has 0 heterocycles. The molecular formula is C22H22N2OS. The molecule has 3 aromatic carbocycles. The van der Waals surface area contributed by atoms with Crippen LogP contribution in [0.15, 0.2) is 78.9 Å². The first-order chi connectivity index (χ1) is 12.7. The highest BCUT2D eigenvalue weighted by molar-refractivity contribution is 7.80. The average Bonchev–Trinajstić information content (AvgIpc) is 2.68. The molecule has 0 radical (unpaired) electrons. The van der Waals surface area contributed by atoms with Gasteiger partial charge in [0.05, 0.1) is 13.2 Å². The molecule has 0 aliphatic heterocycles. The van der Waals surface area contributed by atoms with Crippen LogP contribution >= 0.6 is 12.2 Å². The maximum absolute atomic E-state index is 5.56. The van der Waals surface area contributed by atoms with Crippen molar-refractivity contribution in [3.05, 3.63) is 95.6 Å². The van der Waals surface area contributed by atoms with Crippen LogP contribution in [-0.2, 0) is 0 Å². The predicted molar refractivity (Wildman–Crippen MR) is 112 cm³/mol. The number of rotatable bonds is 5. The minimum absolute atomic E-state index is 0.0179. The Morgan fingerprint density at radius 2 is 1.54 bits per heavy atom. The van der Waals surface area contributed by atoms with E-state index in [1.165, 1.54) is 16.7 Å². The van der Waals surface area contributed by atoms with Crippen LogP contribution < -0.4 is 15.4 Å². The Kier molecular flexibility index (Phi) is 5.87. The van der Waals surface area contributed by atoms with E-state index in [1.54, 1.807) is 7.11 Å². The Balaban J connectivity index is 1.81. The van der Waals surface area contributed by atoms with Crippen LogP contribution in [0, 0.1) is 6.92 Å². The summed E-state index contributed by atoms with van der Waals surface area (Å²) in [7, 11) is 1.65. The molecule has 3 aromatic rings. The van der Waals surface area contributed by atoms with Crippen LogP contribution in [0.3, 0.4) is 0 Å². The summed E-state index contributed by atoms with van der Waals surface area (Å²) >= 11 is 5.56. The topological polar surface area (TPSA) is 33.3 Å². The zero-order valence-electron chi connectivity index (χ0n) is 14.9. The van der Waals surface area contributed by atoms with Crippen LogP contribution in [0.2, 0.25) is 0 Å². The number of aryl methyl sites for hydroxylation is 1. The fraction of sp³-hybridized carbons (Fsp3) is 0.136.